The Balaban J connectivity index is 1.90. The molecule has 1 aromatic rings. The van der Waals surface area contributed by atoms with Gasteiger partial charge in [0.05, 0.1) is 0 Å². The Morgan fingerprint density at radius 2 is 2.44 bits per heavy atom. The van der Waals surface area contributed by atoms with Gasteiger partial charge in [0.2, 0.25) is 0 Å². The molecule has 0 spiro atoms. The molecule has 3 heteroatoms. The van der Waals surface area contributed by atoms with Crippen LogP contribution in [0, 0.1) is 11.8 Å². The summed E-state index contributed by atoms with van der Waals surface area (Å²) < 4.78 is 0. The van der Waals surface area contributed by atoms with Crippen LogP contribution in [0.1, 0.15) is 37.5 Å². The van der Waals surface area contributed by atoms with E-state index in [1.165, 1.54) is 30.6 Å². The lowest BCUT2D eigenvalue weighted by atomic mass is 9.93. The predicted molar refractivity (Wildman–Crippen MR) is 70.3 cm³/mol. The minimum Gasteiger partial charge on any atom is -0.271 e. The van der Waals surface area contributed by atoms with E-state index < -0.39 is 0 Å². The molecular formula is C13H22N2S. The molecule has 0 aliphatic heterocycles. The number of nitrogens with one attached hydrogen (secondary N) is 1. The molecule has 0 amide bonds. The van der Waals surface area contributed by atoms with Gasteiger partial charge in [-0.2, -0.15) is 0 Å². The Morgan fingerprint density at radius 3 is 3.00 bits per heavy atom. The van der Waals surface area contributed by atoms with E-state index in [0.717, 1.165) is 18.3 Å². The largest absolute Gasteiger partial charge is 0.271 e. The number of rotatable bonds is 5. The van der Waals surface area contributed by atoms with Crippen LogP contribution in [0.15, 0.2) is 17.5 Å². The van der Waals surface area contributed by atoms with Gasteiger partial charge in [0, 0.05) is 10.9 Å². The van der Waals surface area contributed by atoms with Gasteiger partial charge in [-0.15, -0.1) is 11.3 Å². The second kappa shape index (κ2) is 5.80. The fourth-order valence-corrected chi connectivity index (χ4v) is 3.62. The minimum absolute atomic E-state index is 0.468. The molecule has 0 aromatic carbocycles. The zero-order valence-electron chi connectivity index (χ0n) is 9.99. The molecule has 1 saturated carbocycles. The van der Waals surface area contributed by atoms with Crippen LogP contribution in [-0.2, 0) is 6.42 Å². The summed E-state index contributed by atoms with van der Waals surface area (Å²) in [5.41, 5.74) is 3.03. The summed E-state index contributed by atoms with van der Waals surface area (Å²) in [6, 6.07) is 4.80. The highest BCUT2D eigenvalue weighted by atomic mass is 32.1. The van der Waals surface area contributed by atoms with Crippen LogP contribution < -0.4 is 11.3 Å². The van der Waals surface area contributed by atoms with Crippen molar-refractivity contribution in [3.63, 3.8) is 0 Å². The van der Waals surface area contributed by atoms with Gasteiger partial charge >= 0.3 is 0 Å². The van der Waals surface area contributed by atoms with Gasteiger partial charge in [-0.1, -0.05) is 25.8 Å². The maximum Gasteiger partial charge on any atom is 0.0287 e. The van der Waals surface area contributed by atoms with Crippen molar-refractivity contribution >= 4 is 11.3 Å². The third kappa shape index (κ3) is 2.84. The van der Waals surface area contributed by atoms with Crippen molar-refractivity contribution in [1.82, 2.24) is 5.43 Å². The number of hydrogen-bond donors (Lipinski definition) is 2. The monoisotopic (exact) mass is 238 g/mol. The number of hydrazine groups is 1. The van der Waals surface area contributed by atoms with Crippen LogP contribution in [0.2, 0.25) is 0 Å². The van der Waals surface area contributed by atoms with E-state index >= 15 is 0 Å². The summed E-state index contributed by atoms with van der Waals surface area (Å²) in [7, 11) is 0. The fourth-order valence-electron chi connectivity index (χ4n) is 2.86. The van der Waals surface area contributed by atoms with E-state index in [4.69, 9.17) is 5.84 Å². The third-order valence-corrected chi connectivity index (χ3v) is 4.84. The van der Waals surface area contributed by atoms with E-state index in [1.807, 2.05) is 11.3 Å². The summed E-state index contributed by atoms with van der Waals surface area (Å²) in [6.07, 6.45) is 6.52. The second-order valence-electron chi connectivity index (χ2n) is 4.90. The summed E-state index contributed by atoms with van der Waals surface area (Å²) >= 11 is 1.84. The lowest BCUT2D eigenvalue weighted by molar-refractivity contribution is 0.349. The molecule has 0 saturated heterocycles. The maximum atomic E-state index is 5.71. The first kappa shape index (κ1) is 12.1. The maximum absolute atomic E-state index is 5.71. The molecule has 1 aliphatic rings. The highest BCUT2D eigenvalue weighted by molar-refractivity contribution is 7.09. The average molecular weight is 238 g/mol. The number of nitrogens with two attached hydrogens (primary N) is 1. The van der Waals surface area contributed by atoms with E-state index in [0.29, 0.717) is 6.04 Å². The molecular weight excluding hydrogens is 216 g/mol. The van der Waals surface area contributed by atoms with Crippen LogP contribution in [0.5, 0.6) is 0 Å². The van der Waals surface area contributed by atoms with Crippen LogP contribution in [0.3, 0.4) is 0 Å². The smallest absolute Gasteiger partial charge is 0.0287 e. The highest BCUT2D eigenvalue weighted by Crippen LogP contribution is 2.35. The fraction of sp³-hybridized carbons (Fsp3) is 0.692. The van der Waals surface area contributed by atoms with Gasteiger partial charge in [-0.05, 0) is 42.5 Å². The van der Waals surface area contributed by atoms with Crippen LogP contribution in [0.25, 0.3) is 0 Å². The molecule has 3 N–H and O–H groups in total. The summed E-state index contributed by atoms with van der Waals surface area (Å²) in [4.78, 5) is 1.45. The average Bonchev–Trinajstić information content (AvgIpc) is 2.96. The van der Waals surface area contributed by atoms with Gasteiger partial charge in [0.25, 0.3) is 0 Å². The van der Waals surface area contributed by atoms with Gasteiger partial charge in [-0.25, -0.2) is 0 Å². The topological polar surface area (TPSA) is 38.0 Å². The Bertz CT molecular complexity index is 297. The van der Waals surface area contributed by atoms with Gasteiger partial charge in [-0.3, -0.25) is 11.3 Å². The highest BCUT2D eigenvalue weighted by Gasteiger charge is 2.29. The Labute approximate surface area is 102 Å². The zero-order chi connectivity index (χ0) is 11.4. The summed E-state index contributed by atoms with van der Waals surface area (Å²) in [5, 5.41) is 2.15. The normalized spacial score (nSPS) is 27.1. The van der Waals surface area contributed by atoms with E-state index in [9.17, 15) is 0 Å². The quantitative estimate of drug-likeness (QED) is 0.611. The first-order valence-corrected chi connectivity index (χ1v) is 7.20. The zero-order valence-corrected chi connectivity index (χ0v) is 10.8. The van der Waals surface area contributed by atoms with Crippen LogP contribution in [-0.4, -0.2) is 6.04 Å². The van der Waals surface area contributed by atoms with Crippen molar-refractivity contribution in [1.29, 1.82) is 0 Å². The van der Waals surface area contributed by atoms with E-state index in [2.05, 4.69) is 29.9 Å². The first-order chi connectivity index (χ1) is 7.83. The third-order valence-electron chi connectivity index (χ3n) is 3.94. The van der Waals surface area contributed by atoms with E-state index in [-0.39, 0.29) is 0 Å². The predicted octanol–water partition coefficient (Wildman–Crippen LogP) is 2.95. The molecule has 0 bridgehead atoms. The van der Waals surface area contributed by atoms with E-state index in [1.54, 1.807) is 0 Å². The number of thiophene rings is 1. The molecule has 2 nitrogen and oxygen atoms in total. The van der Waals surface area contributed by atoms with Crippen LogP contribution >= 0.6 is 11.3 Å². The van der Waals surface area contributed by atoms with Crippen molar-refractivity contribution in [2.24, 2.45) is 17.7 Å². The number of hydrogen-bond acceptors (Lipinski definition) is 3. The minimum atomic E-state index is 0.468. The lowest BCUT2D eigenvalue weighted by Gasteiger charge is -2.22. The van der Waals surface area contributed by atoms with Gasteiger partial charge < -0.3 is 0 Å². The molecule has 1 heterocycles. The lowest BCUT2D eigenvalue weighted by Crippen LogP contribution is -2.41. The first-order valence-electron chi connectivity index (χ1n) is 6.32. The Kier molecular flexibility index (Phi) is 4.38. The SMILES string of the molecule is CCC1CCC(C(Cc2cccs2)NN)C1. The molecule has 3 unspecified atom stereocenters. The summed E-state index contributed by atoms with van der Waals surface area (Å²) in [6.45, 7) is 2.30. The Hall–Kier alpha value is -0.380. The van der Waals surface area contributed by atoms with Gasteiger partial charge in [0.15, 0.2) is 0 Å². The molecule has 90 valence electrons. The van der Waals surface area contributed by atoms with Crippen LogP contribution in [0.4, 0.5) is 0 Å². The second-order valence-corrected chi connectivity index (χ2v) is 5.94. The van der Waals surface area contributed by atoms with Crippen molar-refractivity contribution in [3.8, 4) is 0 Å². The molecule has 1 fully saturated rings. The van der Waals surface area contributed by atoms with Crippen molar-refractivity contribution in [2.75, 3.05) is 0 Å². The summed E-state index contributed by atoms with van der Waals surface area (Å²) in [5.74, 6) is 7.42. The van der Waals surface area contributed by atoms with Crippen molar-refractivity contribution in [3.05, 3.63) is 22.4 Å². The molecule has 1 aromatic heterocycles. The van der Waals surface area contributed by atoms with Crippen molar-refractivity contribution in [2.45, 2.75) is 45.1 Å². The molecule has 1 aliphatic carbocycles. The standard InChI is InChI=1S/C13H22N2S/c1-2-10-5-6-11(8-10)13(15-14)9-12-4-3-7-16-12/h3-4,7,10-11,13,15H,2,5-6,8-9,14H2,1H3. The molecule has 16 heavy (non-hydrogen) atoms. The molecule has 2 rings (SSSR count). The molecule has 0 radical (unpaired) electrons. The Morgan fingerprint density at radius 1 is 1.56 bits per heavy atom. The van der Waals surface area contributed by atoms with Gasteiger partial charge in [0.1, 0.15) is 0 Å². The molecule has 3 atom stereocenters. The van der Waals surface area contributed by atoms with Crippen molar-refractivity contribution < 1.29 is 0 Å².